The highest BCUT2D eigenvalue weighted by atomic mass is 16.5. The van der Waals surface area contributed by atoms with E-state index in [-0.39, 0.29) is 0 Å². The van der Waals surface area contributed by atoms with Gasteiger partial charge in [-0.15, -0.1) is 0 Å². The minimum absolute atomic E-state index is 0.723. The van der Waals surface area contributed by atoms with Crippen molar-refractivity contribution in [3.05, 3.63) is 34.4 Å². The van der Waals surface area contributed by atoms with Crippen LogP contribution in [0.1, 0.15) is 28.3 Å². The number of nitrogens with zero attached hydrogens (tertiary/aromatic N) is 4. The molecule has 21 heavy (non-hydrogen) atoms. The van der Waals surface area contributed by atoms with Gasteiger partial charge >= 0.3 is 0 Å². The maximum atomic E-state index is 5.05. The van der Waals surface area contributed by atoms with Crippen molar-refractivity contribution >= 4 is 0 Å². The van der Waals surface area contributed by atoms with E-state index in [1.165, 1.54) is 11.3 Å². The quantitative estimate of drug-likeness (QED) is 0.782. The maximum Gasteiger partial charge on any atom is 0.0831 e. The molecule has 0 aliphatic rings. The highest BCUT2D eigenvalue weighted by Gasteiger charge is 2.12. The Bertz CT molecular complexity index is 599. The highest BCUT2D eigenvalue weighted by Crippen LogP contribution is 2.15. The lowest BCUT2D eigenvalue weighted by Gasteiger charge is -2.07. The predicted molar refractivity (Wildman–Crippen MR) is 82.3 cm³/mol. The smallest absolute Gasteiger partial charge is 0.0831 e. The Morgan fingerprint density at radius 3 is 2.62 bits per heavy atom. The predicted octanol–water partition coefficient (Wildman–Crippen LogP) is 1.33. The molecule has 116 valence electrons. The van der Waals surface area contributed by atoms with Gasteiger partial charge in [0.1, 0.15) is 0 Å². The van der Waals surface area contributed by atoms with E-state index < -0.39 is 0 Å². The molecule has 0 aliphatic carbocycles. The van der Waals surface area contributed by atoms with Gasteiger partial charge in [-0.2, -0.15) is 10.2 Å². The minimum Gasteiger partial charge on any atom is -0.383 e. The van der Waals surface area contributed by atoms with Crippen molar-refractivity contribution in [2.24, 2.45) is 7.05 Å². The van der Waals surface area contributed by atoms with Crippen molar-refractivity contribution in [2.75, 3.05) is 20.3 Å². The van der Waals surface area contributed by atoms with E-state index >= 15 is 0 Å². The SMILES string of the molecule is COCCNCc1c(C)nn(Cc2cc(C)nn2C)c1C. The summed E-state index contributed by atoms with van der Waals surface area (Å²) in [7, 11) is 3.69. The van der Waals surface area contributed by atoms with Gasteiger partial charge in [0.25, 0.3) is 0 Å². The third-order valence-corrected chi connectivity index (χ3v) is 3.73. The second kappa shape index (κ2) is 6.87. The number of methoxy groups -OCH3 is 1. The van der Waals surface area contributed by atoms with E-state index in [4.69, 9.17) is 4.74 Å². The van der Waals surface area contributed by atoms with Crippen LogP contribution in [0.25, 0.3) is 0 Å². The number of aryl methyl sites for hydroxylation is 3. The van der Waals surface area contributed by atoms with Crippen LogP contribution in [0.4, 0.5) is 0 Å². The molecule has 2 aromatic heterocycles. The Kier molecular flexibility index (Phi) is 5.14. The highest BCUT2D eigenvalue weighted by molar-refractivity contribution is 5.25. The fourth-order valence-electron chi connectivity index (χ4n) is 2.50. The first-order chi connectivity index (χ1) is 10.0. The zero-order valence-electron chi connectivity index (χ0n) is 13.6. The molecule has 0 fully saturated rings. The molecule has 0 saturated carbocycles. The molecule has 0 atom stereocenters. The topological polar surface area (TPSA) is 56.9 Å². The third-order valence-electron chi connectivity index (χ3n) is 3.73. The van der Waals surface area contributed by atoms with Gasteiger partial charge in [-0.1, -0.05) is 0 Å². The molecule has 0 aliphatic heterocycles. The summed E-state index contributed by atoms with van der Waals surface area (Å²) in [4.78, 5) is 0. The van der Waals surface area contributed by atoms with E-state index in [9.17, 15) is 0 Å². The lowest BCUT2D eigenvalue weighted by Crippen LogP contribution is -2.19. The van der Waals surface area contributed by atoms with E-state index in [1.54, 1.807) is 7.11 Å². The summed E-state index contributed by atoms with van der Waals surface area (Å²) in [5.41, 5.74) is 5.75. The Hall–Kier alpha value is -1.66. The number of rotatable bonds is 7. The van der Waals surface area contributed by atoms with Crippen LogP contribution >= 0.6 is 0 Å². The number of hydrogen-bond donors (Lipinski definition) is 1. The van der Waals surface area contributed by atoms with Crippen LogP contribution in [0, 0.1) is 20.8 Å². The van der Waals surface area contributed by atoms with E-state index in [1.807, 2.05) is 18.7 Å². The number of hydrogen-bond acceptors (Lipinski definition) is 4. The Morgan fingerprint density at radius 1 is 1.24 bits per heavy atom. The van der Waals surface area contributed by atoms with Gasteiger partial charge in [0.15, 0.2) is 0 Å². The second-order valence-corrected chi connectivity index (χ2v) is 5.38. The van der Waals surface area contributed by atoms with Crippen LogP contribution in [-0.2, 0) is 24.9 Å². The summed E-state index contributed by atoms with van der Waals surface area (Å²) in [6.45, 7) is 9.34. The molecule has 1 N–H and O–H groups in total. The fraction of sp³-hybridized carbons (Fsp3) is 0.600. The van der Waals surface area contributed by atoms with Crippen molar-refractivity contribution in [3.63, 3.8) is 0 Å². The lowest BCUT2D eigenvalue weighted by atomic mass is 10.2. The van der Waals surface area contributed by atoms with Gasteiger partial charge in [-0.05, 0) is 26.8 Å². The summed E-state index contributed by atoms with van der Waals surface area (Å²) in [5, 5.41) is 12.4. The number of aromatic nitrogens is 4. The molecule has 6 nitrogen and oxygen atoms in total. The standard InChI is InChI=1S/C15H25N5O/c1-11-8-14(19(4)17-11)10-20-13(3)15(12(2)18-20)9-16-6-7-21-5/h8,16H,6-7,9-10H2,1-5H3. The molecule has 2 heterocycles. The number of ether oxygens (including phenoxy) is 1. The monoisotopic (exact) mass is 291 g/mol. The van der Waals surface area contributed by atoms with Crippen LogP contribution in [0.3, 0.4) is 0 Å². The normalized spacial score (nSPS) is 11.3. The van der Waals surface area contributed by atoms with Gasteiger partial charge in [0.05, 0.1) is 30.2 Å². The van der Waals surface area contributed by atoms with Crippen LogP contribution in [-0.4, -0.2) is 39.8 Å². The molecule has 6 heteroatoms. The van der Waals surface area contributed by atoms with Crippen LogP contribution in [0.15, 0.2) is 6.07 Å². The van der Waals surface area contributed by atoms with E-state index in [2.05, 4.69) is 40.1 Å². The zero-order chi connectivity index (χ0) is 15.4. The molecule has 0 unspecified atom stereocenters. The molecule has 2 rings (SSSR count). The summed E-state index contributed by atoms with van der Waals surface area (Å²) in [6, 6.07) is 2.10. The van der Waals surface area contributed by atoms with Crippen molar-refractivity contribution in [1.29, 1.82) is 0 Å². The summed E-state index contributed by atoms with van der Waals surface area (Å²) >= 11 is 0. The van der Waals surface area contributed by atoms with E-state index in [0.717, 1.165) is 43.3 Å². The molecule has 2 aromatic rings. The second-order valence-electron chi connectivity index (χ2n) is 5.38. The number of nitrogens with one attached hydrogen (secondary N) is 1. The van der Waals surface area contributed by atoms with Crippen LogP contribution in [0.5, 0.6) is 0 Å². The molecule has 0 spiro atoms. The first kappa shape index (κ1) is 15.7. The average Bonchev–Trinajstić information content (AvgIpc) is 2.88. The van der Waals surface area contributed by atoms with Crippen molar-refractivity contribution < 1.29 is 4.74 Å². The molecule has 0 amide bonds. The largest absolute Gasteiger partial charge is 0.383 e. The fourth-order valence-corrected chi connectivity index (χ4v) is 2.50. The lowest BCUT2D eigenvalue weighted by molar-refractivity contribution is 0.199. The first-order valence-electron chi connectivity index (χ1n) is 7.25. The Morgan fingerprint density at radius 2 is 2.00 bits per heavy atom. The summed E-state index contributed by atoms with van der Waals surface area (Å²) < 4.78 is 9.02. The van der Waals surface area contributed by atoms with Gasteiger partial charge in [-0.3, -0.25) is 9.36 Å². The van der Waals surface area contributed by atoms with Crippen molar-refractivity contribution in [3.8, 4) is 0 Å². The van der Waals surface area contributed by atoms with Gasteiger partial charge in [0, 0.05) is 38.5 Å². The molecule has 0 radical (unpaired) electrons. The van der Waals surface area contributed by atoms with Crippen LogP contribution in [0.2, 0.25) is 0 Å². The van der Waals surface area contributed by atoms with Gasteiger partial charge < -0.3 is 10.1 Å². The minimum atomic E-state index is 0.723. The molecule has 0 saturated heterocycles. The summed E-state index contributed by atoms with van der Waals surface area (Å²) in [6.07, 6.45) is 0. The van der Waals surface area contributed by atoms with E-state index in [0.29, 0.717) is 0 Å². The summed E-state index contributed by atoms with van der Waals surface area (Å²) in [5.74, 6) is 0. The molecular weight excluding hydrogens is 266 g/mol. The van der Waals surface area contributed by atoms with Crippen molar-refractivity contribution in [1.82, 2.24) is 24.9 Å². The molecule has 0 bridgehead atoms. The zero-order valence-corrected chi connectivity index (χ0v) is 13.6. The Labute approximate surface area is 126 Å². The molecular formula is C15H25N5O. The third kappa shape index (κ3) is 3.71. The van der Waals surface area contributed by atoms with Crippen molar-refractivity contribution in [2.45, 2.75) is 33.9 Å². The average molecular weight is 291 g/mol. The maximum absolute atomic E-state index is 5.05. The molecule has 0 aromatic carbocycles. The van der Waals surface area contributed by atoms with Gasteiger partial charge in [-0.25, -0.2) is 0 Å². The first-order valence-corrected chi connectivity index (χ1v) is 7.25. The Balaban J connectivity index is 2.09. The van der Waals surface area contributed by atoms with Gasteiger partial charge in [0.2, 0.25) is 0 Å². The van der Waals surface area contributed by atoms with Crippen LogP contribution < -0.4 is 5.32 Å².